The van der Waals surface area contributed by atoms with Crippen molar-refractivity contribution in [2.24, 2.45) is 0 Å². The molecule has 1 atom stereocenters. The molecule has 3 N–H and O–H groups in total. The molecule has 0 aliphatic rings. The van der Waals surface area contributed by atoms with Crippen LogP contribution in [0.4, 0.5) is 29.3 Å². The Bertz CT molecular complexity index is 1510. The highest BCUT2D eigenvalue weighted by Gasteiger charge is 2.31. The maximum absolute atomic E-state index is 12.8. The predicted molar refractivity (Wildman–Crippen MR) is 149 cm³/mol. The fraction of sp³-hybridized carbons (Fsp3) is 0.214. The quantitative estimate of drug-likeness (QED) is 0.171. The van der Waals surface area contributed by atoms with Crippen LogP contribution in [0.2, 0.25) is 0 Å². The van der Waals surface area contributed by atoms with Crippen LogP contribution in [0.5, 0.6) is 11.5 Å². The number of amides is 3. The van der Waals surface area contributed by atoms with Crippen molar-refractivity contribution in [3.63, 3.8) is 0 Å². The number of nitrogens with zero attached hydrogens (tertiary/aromatic N) is 4. The van der Waals surface area contributed by atoms with Gasteiger partial charge in [0, 0.05) is 16.9 Å². The van der Waals surface area contributed by atoms with Crippen LogP contribution < -0.4 is 30.3 Å². The van der Waals surface area contributed by atoms with E-state index in [4.69, 9.17) is 4.74 Å². The van der Waals surface area contributed by atoms with Crippen LogP contribution in [0.1, 0.15) is 12.5 Å². The monoisotopic (exact) mass is 583 g/mol. The van der Waals surface area contributed by atoms with Gasteiger partial charge in [-0.25, -0.2) is 14.5 Å². The van der Waals surface area contributed by atoms with Crippen molar-refractivity contribution >= 4 is 23.8 Å². The third-order valence-corrected chi connectivity index (χ3v) is 5.97. The number of urea groups is 1. The average Bonchev–Trinajstić information content (AvgIpc) is 3.44. The molecule has 0 fully saturated rings. The van der Waals surface area contributed by atoms with Gasteiger partial charge in [0.25, 0.3) is 0 Å². The standard InChI is InChI=1S/C28H28F3N7O4/c1-4-32-26(37(17-39)24-14-13-23(41-3)15-18(24)2)35-27(40)34-20-7-5-19(6-8-20)25-33-16-38(36-25)21-9-11-22(12-10-21)42-28(29,30)31/h5-17,26,32H,4H2,1-3H3,(H2,34,35,40). The van der Waals surface area contributed by atoms with Gasteiger partial charge in [0.05, 0.1) is 12.8 Å². The molecule has 0 spiro atoms. The Balaban J connectivity index is 1.40. The van der Waals surface area contributed by atoms with Gasteiger partial charge < -0.3 is 20.1 Å². The van der Waals surface area contributed by atoms with Gasteiger partial charge in [-0.1, -0.05) is 6.92 Å². The molecule has 14 heteroatoms. The molecular weight excluding hydrogens is 555 g/mol. The molecule has 3 amide bonds. The van der Waals surface area contributed by atoms with E-state index in [1.165, 1.54) is 40.2 Å². The average molecular weight is 584 g/mol. The minimum absolute atomic E-state index is 0.342. The molecule has 0 radical (unpaired) electrons. The van der Waals surface area contributed by atoms with Crippen molar-refractivity contribution in [1.29, 1.82) is 0 Å². The number of rotatable bonds is 11. The van der Waals surface area contributed by atoms with E-state index in [9.17, 15) is 22.8 Å². The number of hydrogen-bond acceptors (Lipinski definition) is 7. The molecule has 4 aromatic rings. The summed E-state index contributed by atoms with van der Waals surface area (Å²) in [5, 5.41) is 12.9. The molecule has 11 nitrogen and oxygen atoms in total. The zero-order valence-electron chi connectivity index (χ0n) is 22.8. The SMILES string of the molecule is CCNC(NC(=O)Nc1ccc(-c2ncn(-c3ccc(OC(F)(F)F)cc3)n2)cc1)N(C=O)c1ccc(OC)cc1C. The molecule has 4 rings (SSSR count). The number of benzene rings is 3. The second kappa shape index (κ2) is 13.0. The van der Waals surface area contributed by atoms with Crippen molar-refractivity contribution in [2.75, 3.05) is 23.9 Å². The second-order valence-corrected chi connectivity index (χ2v) is 8.86. The normalized spacial score (nSPS) is 11.9. The van der Waals surface area contributed by atoms with E-state index in [0.717, 1.165) is 5.56 Å². The van der Waals surface area contributed by atoms with Crippen molar-refractivity contribution < 1.29 is 32.2 Å². The molecule has 0 saturated carbocycles. The topological polar surface area (TPSA) is 123 Å². The molecule has 1 unspecified atom stereocenters. The first kappa shape index (κ1) is 29.9. The number of carbonyl (C=O) groups excluding carboxylic acids is 2. The van der Waals surface area contributed by atoms with Gasteiger partial charge in [0.1, 0.15) is 17.8 Å². The highest BCUT2D eigenvalue weighted by molar-refractivity contribution is 5.90. The van der Waals surface area contributed by atoms with Crippen LogP contribution in [-0.4, -0.2) is 53.5 Å². The molecule has 1 aromatic heterocycles. The van der Waals surface area contributed by atoms with Gasteiger partial charge >= 0.3 is 12.4 Å². The lowest BCUT2D eigenvalue weighted by Gasteiger charge is -2.30. The number of anilines is 2. The van der Waals surface area contributed by atoms with Crippen LogP contribution in [0.15, 0.2) is 73.1 Å². The van der Waals surface area contributed by atoms with E-state index in [1.54, 1.807) is 49.6 Å². The second-order valence-electron chi connectivity index (χ2n) is 8.86. The highest BCUT2D eigenvalue weighted by Crippen LogP contribution is 2.26. The maximum Gasteiger partial charge on any atom is 0.573 e. The Labute approximate surface area is 239 Å². The Morgan fingerprint density at radius 3 is 2.36 bits per heavy atom. The molecule has 1 heterocycles. The fourth-order valence-corrected chi connectivity index (χ4v) is 4.03. The largest absolute Gasteiger partial charge is 0.573 e. The van der Waals surface area contributed by atoms with E-state index in [1.807, 2.05) is 13.8 Å². The number of carbonyl (C=O) groups is 2. The minimum atomic E-state index is -4.77. The summed E-state index contributed by atoms with van der Waals surface area (Å²) in [5.74, 6) is 0.669. The lowest BCUT2D eigenvalue weighted by Crippen LogP contribution is -2.57. The summed E-state index contributed by atoms with van der Waals surface area (Å²) in [6.07, 6.45) is -3.54. The lowest BCUT2D eigenvalue weighted by molar-refractivity contribution is -0.274. The first-order valence-electron chi connectivity index (χ1n) is 12.7. The molecule has 42 heavy (non-hydrogen) atoms. The van der Waals surface area contributed by atoms with Gasteiger partial charge in [-0.3, -0.25) is 15.0 Å². The predicted octanol–water partition coefficient (Wildman–Crippen LogP) is 4.83. The molecule has 220 valence electrons. The van der Waals surface area contributed by atoms with Gasteiger partial charge in [0.2, 0.25) is 6.41 Å². The summed E-state index contributed by atoms with van der Waals surface area (Å²) in [6.45, 7) is 4.16. The zero-order chi connectivity index (χ0) is 30.3. The Kier molecular flexibility index (Phi) is 9.27. The number of aromatic nitrogens is 3. The van der Waals surface area contributed by atoms with Crippen LogP contribution in [0.25, 0.3) is 17.1 Å². The van der Waals surface area contributed by atoms with Gasteiger partial charge in [-0.05, 0) is 85.8 Å². The highest BCUT2D eigenvalue weighted by atomic mass is 19.4. The third kappa shape index (κ3) is 7.54. The molecule has 3 aromatic carbocycles. The molecule has 0 saturated heterocycles. The van der Waals surface area contributed by atoms with Crippen molar-refractivity contribution in [1.82, 2.24) is 25.4 Å². The van der Waals surface area contributed by atoms with Gasteiger partial charge in [0.15, 0.2) is 12.1 Å². The number of aryl methyl sites for hydroxylation is 1. The summed E-state index contributed by atoms with van der Waals surface area (Å²) < 4.78 is 47.7. The maximum atomic E-state index is 12.8. The zero-order valence-corrected chi connectivity index (χ0v) is 22.8. The van der Waals surface area contributed by atoms with Crippen LogP contribution in [0.3, 0.4) is 0 Å². The number of alkyl halides is 3. The molecule has 0 aliphatic carbocycles. The molecular formula is C28H28F3N7O4. The van der Waals surface area contributed by atoms with E-state index in [-0.39, 0.29) is 5.75 Å². The number of hydrogen-bond donors (Lipinski definition) is 3. The Hall–Kier alpha value is -5.11. The summed E-state index contributed by atoms with van der Waals surface area (Å²) in [7, 11) is 1.55. The number of halogens is 3. The number of methoxy groups -OCH3 is 1. The third-order valence-electron chi connectivity index (χ3n) is 5.97. The van der Waals surface area contributed by atoms with Gasteiger partial charge in [-0.15, -0.1) is 18.3 Å². The van der Waals surface area contributed by atoms with Gasteiger partial charge in [-0.2, -0.15) is 0 Å². The molecule has 0 aliphatic heterocycles. The Morgan fingerprint density at radius 1 is 1.07 bits per heavy atom. The summed E-state index contributed by atoms with van der Waals surface area (Å²) in [6, 6.07) is 16.6. The van der Waals surface area contributed by atoms with Crippen molar-refractivity contribution in [3.05, 3.63) is 78.6 Å². The first-order valence-corrected chi connectivity index (χ1v) is 12.7. The van der Waals surface area contributed by atoms with Crippen LogP contribution in [-0.2, 0) is 4.79 Å². The van der Waals surface area contributed by atoms with E-state index in [2.05, 4.69) is 30.8 Å². The van der Waals surface area contributed by atoms with E-state index in [0.29, 0.717) is 47.2 Å². The number of ether oxygens (including phenoxy) is 2. The summed E-state index contributed by atoms with van der Waals surface area (Å²) in [4.78, 5) is 30.5. The van der Waals surface area contributed by atoms with Crippen molar-refractivity contribution in [2.45, 2.75) is 26.5 Å². The minimum Gasteiger partial charge on any atom is -0.497 e. The molecule has 0 bridgehead atoms. The van der Waals surface area contributed by atoms with Crippen LogP contribution in [0, 0.1) is 6.92 Å². The van der Waals surface area contributed by atoms with Crippen LogP contribution >= 0.6 is 0 Å². The first-order chi connectivity index (χ1) is 20.1. The van der Waals surface area contributed by atoms with E-state index >= 15 is 0 Å². The summed E-state index contributed by atoms with van der Waals surface area (Å²) in [5.41, 5.74) is 2.99. The smallest absolute Gasteiger partial charge is 0.497 e. The Morgan fingerprint density at radius 2 is 1.76 bits per heavy atom. The number of nitrogens with one attached hydrogen (secondary N) is 3. The fourth-order valence-electron chi connectivity index (χ4n) is 4.03. The van der Waals surface area contributed by atoms with E-state index < -0.39 is 18.7 Å². The lowest BCUT2D eigenvalue weighted by atomic mass is 10.1. The summed E-state index contributed by atoms with van der Waals surface area (Å²) >= 11 is 0. The van der Waals surface area contributed by atoms with Crippen molar-refractivity contribution in [3.8, 4) is 28.6 Å².